The number of rotatable bonds is 13. The summed E-state index contributed by atoms with van der Waals surface area (Å²) in [5, 5.41) is 0.706. The highest BCUT2D eigenvalue weighted by molar-refractivity contribution is 7.88. The van der Waals surface area contributed by atoms with Crippen molar-refractivity contribution in [2.75, 3.05) is 6.54 Å². The molecule has 0 saturated heterocycles. The normalized spacial score (nSPS) is 11.8. The molecule has 35 heavy (non-hydrogen) atoms. The average molecular weight is 519 g/mol. The molecule has 2 aromatic carbocycles. The van der Waals surface area contributed by atoms with Gasteiger partial charge >= 0.3 is 10.2 Å². The number of hydrogen-bond acceptors (Lipinski definition) is 4. The Hall–Kier alpha value is -2.42. The van der Waals surface area contributed by atoms with Crippen LogP contribution >= 0.6 is 11.6 Å². The molecule has 0 aliphatic heterocycles. The predicted octanol–water partition coefficient (Wildman–Crippen LogP) is 5.53. The molecule has 0 fully saturated rings. The number of aromatic nitrogens is 2. The first-order valence-corrected chi connectivity index (χ1v) is 14.2. The summed E-state index contributed by atoms with van der Waals surface area (Å²) in [4.78, 5) is 17.2. The maximum Gasteiger partial charge on any atom is 0.301 e. The molecule has 0 bridgehead atoms. The maximum atomic E-state index is 12.7. The number of hydrogen-bond donors (Lipinski definition) is 2. The van der Waals surface area contributed by atoms with E-state index in [1.807, 2.05) is 30.5 Å². The van der Waals surface area contributed by atoms with Crippen molar-refractivity contribution < 1.29 is 13.2 Å². The van der Waals surface area contributed by atoms with Gasteiger partial charge in [-0.25, -0.2) is 9.71 Å². The van der Waals surface area contributed by atoms with E-state index in [4.69, 9.17) is 11.6 Å². The summed E-state index contributed by atoms with van der Waals surface area (Å²) >= 11 is 6.62. The fraction of sp³-hybridized carbons (Fsp3) is 0.462. The zero-order valence-corrected chi connectivity index (χ0v) is 22.3. The van der Waals surface area contributed by atoms with Crippen molar-refractivity contribution in [3.05, 3.63) is 63.9 Å². The van der Waals surface area contributed by atoms with Gasteiger partial charge in [-0.05, 0) is 61.6 Å². The Morgan fingerprint density at radius 3 is 2.51 bits per heavy atom. The highest BCUT2D eigenvalue weighted by Gasteiger charge is 2.18. The first kappa shape index (κ1) is 27.2. The van der Waals surface area contributed by atoms with E-state index < -0.39 is 16.1 Å². The van der Waals surface area contributed by atoms with Crippen molar-refractivity contribution >= 4 is 38.8 Å². The van der Waals surface area contributed by atoms with Gasteiger partial charge in [-0.3, -0.25) is 4.79 Å². The summed E-state index contributed by atoms with van der Waals surface area (Å²) in [6, 6.07) is 11.2. The van der Waals surface area contributed by atoms with E-state index in [-0.39, 0.29) is 12.1 Å². The third kappa shape index (κ3) is 7.53. The molecule has 0 radical (unpaired) electrons. The van der Waals surface area contributed by atoms with Crippen LogP contribution in [0.25, 0.3) is 11.0 Å². The minimum absolute atomic E-state index is 0.244. The zero-order valence-electron chi connectivity index (χ0n) is 20.7. The molecule has 0 unspecified atom stereocenters. The summed E-state index contributed by atoms with van der Waals surface area (Å²) in [5.41, 5.74) is 3.91. The van der Waals surface area contributed by atoms with Crippen LogP contribution < -0.4 is 9.44 Å². The molecule has 3 aromatic rings. The van der Waals surface area contributed by atoms with Crippen LogP contribution in [0.1, 0.15) is 79.7 Å². The lowest BCUT2D eigenvalue weighted by atomic mass is 10.0. The maximum absolute atomic E-state index is 12.7. The first-order valence-electron chi connectivity index (χ1n) is 12.3. The van der Waals surface area contributed by atoms with Gasteiger partial charge in [0.15, 0.2) is 0 Å². The lowest BCUT2D eigenvalue weighted by Gasteiger charge is -2.12. The number of carbonyl (C=O) groups excluding carboxylic acids is 1. The Morgan fingerprint density at radius 2 is 1.80 bits per heavy atom. The monoisotopic (exact) mass is 518 g/mol. The third-order valence-electron chi connectivity index (χ3n) is 6.02. The van der Waals surface area contributed by atoms with Crippen molar-refractivity contribution in [3.8, 4) is 0 Å². The molecule has 2 N–H and O–H groups in total. The van der Waals surface area contributed by atoms with Crippen molar-refractivity contribution in [1.82, 2.24) is 19.0 Å². The summed E-state index contributed by atoms with van der Waals surface area (Å²) in [6.45, 7) is 6.85. The molecule has 1 aromatic heterocycles. The highest BCUT2D eigenvalue weighted by atomic mass is 35.5. The van der Waals surface area contributed by atoms with Crippen LogP contribution in [0, 0.1) is 6.92 Å². The van der Waals surface area contributed by atoms with Gasteiger partial charge in [-0.2, -0.15) is 13.1 Å². The molecule has 0 spiro atoms. The Morgan fingerprint density at radius 1 is 1.03 bits per heavy atom. The number of carbonyl (C=O) groups is 1. The van der Waals surface area contributed by atoms with Gasteiger partial charge in [0, 0.05) is 17.1 Å². The number of imidazole rings is 1. The van der Waals surface area contributed by atoms with Gasteiger partial charge in [0.2, 0.25) is 0 Å². The lowest BCUT2D eigenvalue weighted by Crippen LogP contribution is -2.40. The topological polar surface area (TPSA) is 93.1 Å². The molecular weight excluding hydrogens is 484 g/mol. The number of unbranched alkanes of at least 4 members (excludes halogenated alkanes) is 4. The van der Waals surface area contributed by atoms with Crippen molar-refractivity contribution in [3.63, 3.8) is 0 Å². The highest BCUT2D eigenvalue weighted by Crippen LogP contribution is 2.24. The zero-order chi connectivity index (χ0) is 25.4. The van der Waals surface area contributed by atoms with Crippen molar-refractivity contribution in [1.29, 1.82) is 0 Å². The number of benzene rings is 2. The van der Waals surface area contributed by atoms with Crippen LogP contribution in [-0.2, 0) is 23.2 Å². The van der Waals surface area contributed by atoms with E-state index in [1.165, 1.54) is 24.8 Å². The third-order valence-corrected chi connectivity index (χ3v) is 7.41. The smallest absolute Gasteiger partial charge is 0.301 e. The van der Waals surface area contributed by atoms with Gasteiger partial charge in [-0.15, -0.1) is 0 Å². The quantitative estimate of drug-likeness (QED) is 0.291. The van der Waals surface area contributed by atoms with E-state index in [0.717, 1.165) is 41.7 Å². The average Bonchev–Trinajstić information content (AvgIpc) is 3.12. The number of halogens is 1. The van der Waals surface area contributed by atoms with Gasteiger partial charge in [-0.1, -0.05) is 63.3 Å². The van der Waals surface area contributed by atoms with Crippen molar-refractivity contribution in [2.45, 2.75) is 72.3 Å². The molecule has 9 heteroatoms. The number of nitrogens with zero attached hydrogens (tertiary/aromatic N) is 2. The molecular formula is C26H35ClN4O3S. The van der Waals surface area contributed by atoms with Gasteiger partial charge in [0.25, 0.3) is 5.91 Å². The Kier molecular flexibility index (Phi) is 9.71. The van der Waals surface area contributed by atoms with E-state index in [0.29, 0.717) is 18.0 Å². The molecule has 190 valence electrons. The second-order valence-corrected chi connectivity index (χ2v) is 10.8. The summed E-state index contributed by atoms with van der Waals surface area (Å²) in [5.74, 6) is 0.0953. The largest absolute Gasteiger partial charge is 0.324 e. The summed E-state index contributed by atoms with van der Waals surface area (Å²) < 4.78 is 30.8. The number of fused-ring (bicyclic) bond motifs is 1. The first-order chi connectivity index (χ1) is 16.7. The minimum atomic E-state index is -3.92. The fourth-order valence-corrected chi connectivity index (χ4v) is 5.10. The van der Waals surface area contributed by atoms with E-state index >= 15 is 0 Å². The number of amides is 1. The second-order valence-electron chi connectivity index (χ2n) is 8.87. The molecule has 7 nitrogen and oxygen atoms in total. The molecule has 0 atom stereocenters. The molecule has 3 rings (SSSR count). The molecule has 1 heterocycles. The molecule has 0 aliphatic carbocycles. The minimum Gasteiger partial charge on any atom is -0.324 e. The SMILES string of the molecule is CCCCCCc1ccc(Cn2c(C)nc3ccc(C(=O)NS(=O)(=O)NCCCC)cc32)c(Cl)c1. The Labute approximate surface area is 213 Å². The molecule has 0 aliphatic rings. The van der Waals surface area contributed by atoms with Gasteiger partial charge < -0.3 is 4.57 Å². The Bertz CT molecular complexity index is 1270. The van der Waals surface area contributed by atoms with Crippen LogP contribution in [0.5, 0.6) is 0 Å². The lowest BCUT2D eigenvalue weighted by molar-refractivity contribution is 0.0981. The van der Waals surface area contributed by atoms with E-state index in [9.17, 15) is 13.2 Å². The fourth-order valence-electron chi connectivity index (χ4n) is 3.99. The predicted molar refractivity (Wildman–Crippen MR) is 142 cm³/mol. The second kappa shape index (κ2) is 12.5. The van der Waals surface area contributed by atoms with E-state index in [1.54, 1.807) is 18.2 Å². The number of aryl methyl sites for hydroxylation is 2. The van der Waals surface area contributed by atoms with E-state index in [2.05, 4.69) is 27.4 Å². The number of nitrogens with one attached hydrogen (secondary N) is 2. The van der Waals surface area contributed by atoms with Gasteiger partial charge in [0.1, 0.15) is 5.82 Å². The molecule has 0 saturated carbocycles. The molecule has 1 amide bonds. The van der Waals surface area contributed by atoms with Crippen LogP contribution in [0.4, 0.5) is 0 Å². The van der Waals surface area contributed by atoms with Crippen LogP contribution in [0.2, 0.25) is 5.02 Å². The Balaban J connectivity index is 1.78. The summed E-state index contributed by atoms with van der Waals surface area (Å²) in [6.07, 6.45) is 7.41. The standard InChI is InChI=1S/C26H35ClN4O3S/c1-4-6-8-9-10-20-11-12-22(23(27)16-20)18-31-19(3)29-24-14-13-21(17-25(24)31)26(32)30-35(33,34)28-15-7-5-2/h11-14,16-17,28H,4-10,15,18H2,1-3H3,(H,30,32). The van der Waals surface area contributed by atoms with Crippen LogP contribution in [0.15, 0.2) is 36.4 Å². The summed E-state index contributed by atoms with van der Waals surface area (Å²) in [7, 11) is -3.92. The van der Waals surface area contributed by atoms with Crippen LogP contribution in [0.3, 0.4) is 0 Å². The van der Waals surface area contributed by atoms with Crippen molar-refractivity contribution in [2.24, 2.45) is 0 Å². The van der Waals surface area contributed by atoms with Crippen LogP contribution in [-0.4, -0.2) is 30.4 Å². The van der Waals surface area contributed by atoms with Gasteiger partial charge in [0.05, 0.1) is 17.6 Å².